The van der Waals surface area contributed by atoms with Gasteiger partial charge in [0.05, 0.1) is 0 Å². The first kappa shape index (κ1) is 18.6. The van der Waals surface area contributed by atoms with Gasteiger partial charge < -0.3 is 14.6 Å². The molecule has 2 aromatic heterocycles. The molecule has 7 heteroatoms. The van der Waals surface area contributed by atoms with E-state index < -0.39 is 0 Å². The van der Waals surface area contributed by atoms with Crippen molar-refractivity contribution >= 4 is 17.2 Å². The van der Waals surface area contributed by atoms with Gasteiger partial charge in [0, 0.05) is 49.4 Å². The molecule has 0 bridgehead atoms. The Bertz CT molecular complexity index is 737. The molecule has 6 nitrogen and oxygen atoms in total. The first-order chi connectivity index (χ1) is 13.3. The van der Waals surface area contributed by atoms with Gasteiger partial charge >= 0.3 is 0 Å². The van der Waals surface area contributed by atoms with E-state index in [-0.39, 0.29) is 11.9 Å². The molecule has 1 fully saturated rings. The second-order valence-electron chi connectivity index (χ2n) is 7.54. The van der Waals surface area contributed by atoms with Crippen LogP contribution < -0.4 is 5.32 Å². The maximum Gasteiger partial charge on any atom is 0.220 e. The van der Waals surface area contributed by atoms with Crippen molar-refractivity contribution in [2.24, 2.45) is 0 Å². The smallest absolute Gasteiger partial charge is 0.220 e. The number of carbonyl (C=O) groups excluding carboxylic acids is 1. The fraction of sp³-hybridized carbons (Fsp3) is 0.650. The topological polar surface area (TPSA) is 69.0 Å². The number of nitrogens with one attached hydrogen (secondary N) is 1. The summed E-state index contributed by atoms with van der Waals surface area (Å²) in [5, 5.41) is 14.3. The third kappa shape index (κ3) is 4.76. The highest BCUT2D eigenvalue weighted by atomic mass is 32.1. The Balaban J connectivity index is 1.27. The molecule has 0 aliphatic carbocycles. The van der Waals surface area contributed by atoms with Crippen LogP contribution in [0.3, 0.4) is 0 Å². The molecule has 4 rings (SSSR count). The van der Waals surface area contributed by atoms with Gasteiger partial charge in [-0.05, 0) is 50.0 Å². The van der Waals surface area contributed by atoms with Crippen LogP contribution in [0.4, 0.5) is 0 Å². The first-order valence-corrected chi connectivity index (χ1v) is 11.0. The number of ether oxygens (including phenoxy) is 1. The van der Waals surface area contributed by atoms with Crippen LogP contribution in [0, 0.1) is 0 Å². The quantitative estimate of drug-likeness (QED) is 0.826. The molecule has 1 N–H and O–H groups in total. The second-order valence-corrected chi connectivity index (χ2v) is 8.57. The Morgan fingerprint density at radius 2 is 2.15 bits per heavy atom. The van der Waals surface area contributed by atoms with Gasteiger partial charge in [-0.1, -0.05) is 6.07 Å². The molecule has 1 amide bonds. The molecule has 0 saturated carbocycles. The Hall–Kier alpha value is -1.73. The van der Waals surface area contributed by atoms with E-state index in [1.165, 1.54) is 4.88 Å². The minimum Gasteiger partial charge on any atom is -0.381 e. The summed E-state index contributed by atoms with van der Waals surface area (Å²) in [4.78, 5) is 13.7. The first-order valence-electron chi connectivity index (χ1n) is 10.1. The highest BCUT2D eigenvalue weighted by Crippen LogP contribution is 2.27. The number of hydrogen-bond donors (Lipinski definition) is 1. The molecular formula is C20H28N4O2S. The molecule has 2 aliphatic heterocycles. The highest BCUT2D eigenvalue weighted by molar-refractivity contribution is 7.09. The highest BCUT2D eigenvalue weighted by Gasteiger charge is 2.26. The summed E-state index contributed by atoms with van der Waals surface area (Å²) < 4.78 is 7.78. The molecule has 1 unspecified atom stereocenters. The average molecular weight is 389 g/mol. The van der Waals surface area contributed by atoms with Crippen molar-refractivity contribution in [2.75, 3.05) is 13.2 Å². The van der Waals surface area contributed by atoms with Crippen LogP contribution in [-0.4, -0.2) is 39.9 Å². The lowest BCUT2D eigenvalue weighted by Gasteiger charge is -2.22. The van der Waals surface area contributed by atoms with Crippen molar-refractivity contribution in [3.8, 4) is 0 Å². The Labute approximate surface area is 164 Å². The van der Waals surface area contributed by atoms with Gasteiger partial charge in [-0.2, -0.15) is 0 Å². The lowest BCUT2D eigenvalue weighted by molar-refractivity contribution is -0.122. The van der Waals surface area contributed by atoms with Gasteiger partial charge in [0.15, 0.2) is 0 Å². The third-order valence-corrected chi connectivity index (χ3v) is 6.57. The number of aromatic nitrogens is 3. The van der Waals surface area contributed by atoms with Crippen LogP contribution in [-0.2, 0) is 28.9 Å². The summed E-state index contributed by atoms with van der Waals surface area (Å²) in [6.45, 7) is 2.53. The number of carbonyl (C=O) groups is 1. The number of nitrogens with zero attached hydrogens (tertiary/aromatic N) is 3. The number of amides is 1. The zero-order chi connectivity index (χ0) is 18.5. The molecule has 146 valence electrons. The largest absolute Gasteiger partial charge is 0.381 e. The molecule has 27 heavy (non-hydrogen) atoms. The monoisotopic (exact) mass is 388 g/mol. The SMILES string of the molecule is O=C(CCCc1cccs1)NC1CCc2nnc(C3CCOCC3)n2CC1. The van der Waals surface area contributed by atoms with E-state index in [1.807, 2.05) is 0 Å². The van der Waals surface area contributed by atoms with Crippen LogP contribution >= 0.6 is 11.3 Å². The van der Waals surface area contributed by atoms with Crippen molar-refractivity contribution in [3.63, 3.8) is 0 Å². The molecule has 1 saturated heterocycles. The maximum absolute atomic E-state index is 12.3. The zero-order valence-corrected chi connectivity index (χ0v) is 16.5. The van der Waals surface area contributed by atoms with Gasteiger partial charge in [0.25, 0.3) is 0 Å². The molecule has 0 spiro atoms. The standard InChI is InChI=1S/C20H28N4O2S/c25-19(5-1-3-17-4-2-14-27-17)21-16-6-7-18-22-23-20(24(18)11-8-16)15-9-12-26-13-10-15/h2,4,14-16H,1,3,5-13H2,(H,21,25). The minimum absolute atomic E-state index is 0.180. The number of rotatable bonds is 6. The van der Waals surface area contributed by atoms with E-state index in [0.717, 1.165) is 76.4 Å². The Morgan fingerprint density at radius 1 is 1.26 bits per heavy atom. The number of aryl methyl sites for hydroxylation is 2. The summed E-state index contributed by atoms with van der Waals surface area (Å²) in [6.07, 6.45) is 7.36. The normalized spacial score (nSPS) is 20.8. The molecule has 0 radical (unpaired) electrons. The molecular weight excluding hydrogens is 360 g/mol. The Morgan fingerprint density at radius 3 is 2.96 bits per heavy atom. The van der Waals surface area contributed by atoms with Crippen molar-refractivity contribution in [2.45, 2.75) is 69.9 Å². The lowest BCUT2D eigenvalue weighted by Crippen LogP contribution is -2.35. The van der Waals surface area contributed by atoms with Crippen LogP contribution in [0.1, 0.15) is 61.0 Å². The fourth-order valence-electron chi connectivity index (χ4n) is 4.09. The summed E-state index contributed by atoms with van der Waals surface area (Å²) in [6, 6.07) is 4.45. The van der Waals surface area contributed by atoms with Crippen molar-refractivity contribution in [1.29, 1.82) is 0 Å². The molecule has 2 aliphatic rings. The van der Waals surface area contributed by atoms with E-state index in [2.05, 4.69) is 37.6 Å². The van der Waals surface area contributed by atoms with Crippen molar-refractivity contribution in [1.82, 2.24) is 20.1 Å². The summed E-state index contributed by atoms with van der Waals surface area (Å²) >= 11 is 1.76. The second kappa shape index (κ2) is 8.97. The molecule has 4 heterocycles. The average Bonchev–Trinajstić information content (AvgIpc) is 3.30. The van der Waals surface area contributed by atoms with Gasteiger partial charge in [-0.25, -0.2) is 0 Å². The van der Waals surface area contributed by atoms with Gasteiger partial charge in [-0.15, -0.1) is 21.5 Å². The van der Waals surface area contributed by atoms with E-state index in [0.29, 0.717) is 12.3 Å². The van der Waals surface area contributed by atoms with Crippen molar-refractivity contribution < 1.29 is 9.53 Å². The minimum atomic E-state index is 0.180. The van der Waals surface area contributed by atoms with E-state index in [1.54, 1.807) is 11.3 Å². The van der Waals surface area contributed by atoms with Gasteiger partial charge in [0.2, 0.25) is 5.91 Å². The summed E-state index contributed by atoms with van der Waals surface area (Å²) in [5.41, 5.74) is 0. The van der Waals surface area contributed by atoms with Crippen LogP contribution in [0.5, 0.6) is 0 Å². The summed E-state index contributed by atoms with van der Waals surface area (Å²) in [7, 11) is 0. The maximum atomic E-state index is 12.3. The molecule has 0 aromatic carbocycles. The van der Waals surface area contributed by atoms with Gasteiger partial charge in [-0.3, -0.25) is 4.79 Å². The lowest BCUT2D eigenvalue weighted by atomic mass is 9.99. The van der Waals surface area contributed by atoms with Crippen LogP contribution in [0.25, 0.3) is 0 Å². The number of hydrogen-bond acceptors (Lipinski definition) is 5. The molecule has 2 aromatic rings. The van der Waals surface area contributed by atoms with Gasteiger partial charge in [0.1, 0.15) is 11.6 Å². The predicted octanol–water partition coefficient (Wildman–Crippen LogP) is 3.08. The van der Waals surface area contributed by atoms with E-state index >= 15 is 0 Å². The van der Waals surface area contributed by atoms with E-state index in [9.17, 15) is 4.79 Å². The third-order valence-electron chi connectivity index (χ3n) is 5.63. The van der Waals surface area contributed by atoms with Crippen LogP contribution in [0.2, 0.25) is 0 Å². The number of fused-ring (bicyclic) bond motifs is 1. The predicted molar refractivity (Wildman–Crippen MR) is 105 cm³/mol. The summed E-state index contributed by atoms with van der Waals surface area (Å²) in [5.74, 6) is 2.84. The van der Waals surface area contributed by atoms with Crippen molar-refractivity contribution in [3.05, 3.63) is 34.0 Å². The number of thiophene rings is 1. The fourth-order valence-corrected chi connectivity index (χ4v) is 4.84. The Kier molecular flexibility index (Phi) is 6.19. The molecule has 1 atom stereocenters. The van der Waals surface area contributed by atoms with Crippen LogP contribution in [0.15, 0.2) is 17.5 Å². The van der Waals surface area contributed by atoms with E-state index in [4.69, 9.17) is 4.74 Å². The zero-order valence-electron chi connectivity index (χ0n) is 15.7.